The van der Waals surface area contributed by atoms with Gasteiger partial charge in [-0.2, -0.15) is 13.2 Å². The molecule has 0 N–H and O–H groups in total. The molecule has 3 aromatic rings. The number of halogens is 3. The van der Waals surface area contributed by atoms with Crippen LogP contribution in [0.15, 0.2) is 59.5 Å². The molecule has 1 unspecified atom stereocenters. The van der Waals surface area contributed by atoms with Crippen LogP contribution >= 0.6 is 0 Å². The van der Waals surface area contributed by atoms with Gasteiger partial charge in [-0.3, -0.25) is 4.79 Å². The molecule has 1 aliphatic rings. The highest BCUT2D eigenvalue weighted by molar-refractivity contribution is 5.81. The summed E-state index contributed by atoms with van der Waals surface area (Å²) in [6, 6.07) is 12.7. The Kier molecular flexibility index (Phi) is 4.21. The predicted molar refractivity (Wildman–Crippen MR) is 101 cm³/mol. The lowest BCUT2D eigenvalue weighted by atomic mass is 10.1. The Labute approximate surface area is 154 Å². The van der Waals surface area contributed by atoms with E-state index in [4.69, 9.17) is 0 Å². The second-order valence-corrected chi connectivity index (χ2v) is 6.95. The Hall–Kier alpha value is -2.76. The SMILES string of the molecule is CC1CCCN1c1ccc(-n2ccc(=O)c3ccccc32)c(C(F)(F)F)c1. The molecule has 2 aromatic carbocycles. The van der Waals surface area contributed by atoms with Crippen LogP contribution in [-0.4, -0.2) is 17.2 Å². The first-order valence-corrected chi connectivity index (χ1v) is 8.95. The number of hydrogen-bond donors (Lipinski definition) is 0. The topological polar surface area (TPSA) is 25.2 Å². The van der Waals surface area contributed by atoms with Crippen molar-refractivity contribution in [3.05, 3.63) is 70.5 Å². The van der Waals surface area contributed by atoms with E-state index in [2.05, 4.69) is 0 Å². The fraction of sp³-hybridized carbons (Fsp3) is 0.286. The van der Waals surface area contributed by atoms with E-state index in [1.54, 1.807) is 30.3 Å². The molecule has 4 rings (SSSR count). The van der Waals surface area contributed by atoms with Gasteiger partial charge in [-0.25, -0.2) is 0 Å². The molecule has 140 valence electrons. The Balaban J connectivity index is 1.94. The number of benzene rings is 2. The number of alkyl halides is 3. The lowest BCUT2D eigenvalue weighted by molar-refractivity contribution is -0.137. The second-order valence-electron chi connectivity index (χ2n) is 6.95. The van der Waals surface area contributed by atoms with Crippen LogP contribution < -0.4 is 10.3 Å². The van der Waals surface area contributed by atoms with Crippen LogP contribution in [0.2, 0.25) is 0 Å². The lowest BCUT2D eigenvalue weighted by Gasteiger charge is -2.26. The Morgan fingerprint density at radius 2 is 1.85 bits per heavy atom. The van der Waals surface area contributed by atoms with E-state index >= 15 is 0 Å². The summed E-state index contributed by atoms with van der Waals surface area (Å²) in [6.07, 6.45) is -1.13. The van der Waals surface area contributed by atoms with Crippen LogP contribution in [0.4, 0.5) is 18.9 Å². The quantitative estimate of drug-likeness (QED) is 0.633. The maximum Gasteiger partial charge on any atom is 0.418 e. The van der Waals surface area contributed by atoms with Crippen LogP contribution in [0.3, 0.4) is 0 Å². The first-order chi connectivity index (χ1) is 12.9. The second kappa shape index (κ2) is 6.44. The summed E-state index contributed by atoms with van der Waals surface area (Å²) >= 11 is 0. The van der Waals surface area contributed by atoms with E-state index in [1.165, 1.54) is 29.0 Å². The minimum absolute atomic E-state index is 0.0225. The highest BCUT2D eigenvalue weighted by Crippen LogP contribution is 2.38. The summed E-state index contributed by atoms with van der Waals surface area (Å²) in [5.74, 6) is 0. The first kappa shape index (κ1) is 17.6. The Morgan fingerprint density at radius 3 is 2.56 bits per heavy atom. The molecular formula is C21H19F3N2O. The fourth-order valence-corrected chi connectivity index (χ4v) is 3.87. The molecule has 0 spiro atoms. The molecule has 0 bridgehead atoms. The molecule has 3 nitrogen and oxygen atoms in total. The summed E-state index contributed by atoms with van der Waals surface area (Å²) in [5, 5.41) is 0.394. The number of para-hydroxylation sites is 1. The number of rotatable bonds is 2. The number of nitrogens with zero attached hydrogens (tertiary/aromatic N) is 2. The van der Waals surface area contributed by atoms with Crippen LogP contribution in [0.1, 0.15) is 25.3 Å². The van der Waals surface area contributed by atoms with Gasteiger partial charge in [0.1, 0.15) is 0 Å². The van der Waals surface area contributed by atoms with Gasteiger partial charge < -0.3 is 9.47 Å². The van der Waals surface area contributed by atoms with Crippen molar-refractivity contribution < 1.29 is 13.2 Å². The van der Waals surface area contributed by atoms with Gasteiger partial charge in [0, 0.05) is 35.9 Å². The zero-order valence-electron chi connectivity index (χ0n) is 14.8. The van der Waals surface area contributed by atoms with E-state index in [0.717, 1.165) is 19.4 Å². The molecule has 1 aliphatic heterocycles. The number of fused-ring (bicyclic) bond motifs is 1. The van der Waals surface area contributed by atoms with Gasteiger partial charge in [0.15, 0.2) is 5.43 Å². The molecule has 1 aromatic heterocycles. The molecule has 0 amide bonds. The van der Waals surface area contributed by atoms with Crippen LogP contribution in [0.25, 0.3) is 16.6 Å². The molecule has 2 heterocycles. The highest BCUT2D eigenvalue weighted by Gasteiger charge is 2.35. The van der Waals surface area contributed by atoms with Gasteiger partial charge in [-0.1, -0.05) is 12.1 Å². The molecule has 27 heavy (non-hydrogen) atoms. The van der Waals surface area contributed by atoms with E-state index < -0.39 is 11.7 Å². The smallest absolute Gasteiger partial charge is 0.369 e. The largest absolute Gasteiger partial charge is 0.418 e. The van der Waals surface area contributed by atoms with E-state index in [0.29, 0.717) is 16.6 Å². The number of anilines is 1. The van der Waals surface area contributed by atoms with E-state index in [9.17, 15) is 18.0 Å². The van der Waals surface area contributed by atoms with Crippen molar-refractivity contribution in [1.29, 1.82) is 0 Å². The van der Waals surface area contributed by atoms with Crippen molar-refractivity contribution in [3.8, 4) is 5.69 Å². The molecule has 6 heteroatoms. The zero-order valence-corrected chi connectivity index (χ0v) is 14.8. The van der Waals surface area contributed by atoms with Gasteiger partial charge in [-0.05, 0) is 50.1 Å². The zero-order chi connectivity index (χ0) is 19.2. The lowest BCUT2D eigenvalue weighted by Crippen LogP contribution is -2.26. The summed E-state index contributed by atoms with van der Waals surface area (Å²) in [5.41, 5.74) is 0.152. The van der Waals surface area contributed by atoms with Crippen molar-refractivity contribution >= 4 is 16.6 Å². The van der Waals surface area contributed by atoms with Gasteiger partial charge in [0.05, 0.1) is 16.8 Å². The first-order valence-electron chi connectivity index (χ1n) is 8.95. The number of pyridine rings is 1. The van der Waals surface area contributed by atoms with Crippen molar-refractivity contribution in [2.75, 3.05) is 11.4 Å². The standard InChI is InChI=1S/C21H19F3N2O/c1-14-5-4-11-25(14)15-8-9-19(17(13-15)21(22,23)24)26-12-10-20(27)16-6-2-3-7-18(16)26/h2-3,6-10,12-14H,4-5,11H2,1H3. The normalized spacial score (nSPS) is 17.6. The van der Waals surface area contributed by atoms with E-state index in [1.807, 2.05) is 11.8 Å². The average Bonchev–Trinajstić information content (AvgIpc) is 3.07. The number of hydrogen-bond acceptors (Lipinski definition) is 2. The van der Waals surface area contributed by atoms with Crippen molar-refractivity contribution in [2.24, 2.45) is 0 Å². The predicted octanol–water partition coefficient (Wildman–Crippen LogP) is 5.00. The molecule has 1 atom stereocenters. The maximum atomic E-state index is 13.9. The highest BCUT2D eigenvalue weighted by atomic mass is 19.4. The average molecular weight is 372 g/mol. The van der Waals surface area contributed by atoms with Gasteiger partial charge in [0.25, 0.3) is 0 Å². The third-order valence-corrected chi connectivity index (χ3v) is 5.23. The molecule has 0 saturated carbocycles. The Morgan fingerprint density at radius 1 is 1.07 bits per heavy atom. The van der Waals surface area contributed by atoms with E-state index in [-0.39, 0.29) is 17.2 Å². The fourth-order valence-electron chi connectivity index (χ4n) is 3.87. The number of aromatic nitrogens is 1. The van der Waals surface area contributed by atoms with Crippen molar-refractivity contribution in [1.82, 2.24) is 4.57 Å². The molecule has 0 radical (unpaired) electrons. The maximum absolute atomic E-state index is 13.9. The molecule has 1 fully saturated rings. The third kappa shape index (κ3) is 3.09. The summed E-state index contributed by atoms with van der Waals surface area (Å²) in [7, 11) is 0. The Bertz CT molecular complexity index is 1060. The summed E-state index contributed by atoms with van der Waals surface area (Å²) < 4.78 is 43.1. The van der Waals surface area contributed by atoms with Gasteiger partial charge >= 0.3 is 6.18 Å². The molecule has 0 aliphatic carbocycles. The minimum Gasteiger partial charge on any atom is -0.369 e. The summed E-state index contributed by atoms with van der Waals surface area (Å²) in [6.45, 7) is 2.79. The van der Waals surface area contributed by atoms with Crippen LogP contribution in [0, 0.1) is 0 Å². The van der Waals surface area contributed by atoms with Gasteiger partial charge in [-0.15, -0.1) is 0 Å². The summed E-state index contributed by atoms with van der Waals surface area (Å²) in [4.78, 5) is 14.1. The van der Waals surface area contributed by atoms with Crippen molar-refractivity contribution in [2.45, 2.75) is 32.0 Å². The monoisotopic (exact) mass is 372 g/mol. The van der Waals surface area contributed by atoms with Crippen molar-refractivity contribution in [3.63, 3.8) is 0 Å². The molecule has 1 saturated heterocycles. The molecular weight excluding hydrogens is 353 g/mol. The third-order valence-electron chi connectivity index (χ3n) is 5.23. The minimum atomic E-state index is -4.50. The van der Waals surface area contributed by atoms with Crippen LogP contribution in [0.5, 0.6) is 0 Å². The van der Waals surface area contributed by atoms with Gasteiger partial charge in [0.2, 0.25) is 0 Å². The van der Waals surface area contributed by atoms with Crippen LogP contribution in [-0.2, 0) is 6.18 Å².